The molecule has 0 aromatic rings. The average Bonchev–Trinajstić information content (AvgIpc) is 2.45. The molecule has 196 valence electrons. The van der Waals surface area contributed by atoms with Gasteiger partial charge in [-0.3, -0.25) is 4.79 Å². The average molecular weight is 555 g/mol. The Balaban J connectivity index is 3.62. The summed E-state index contributed by atoms with van der Waals surface area (Å²) >= 11 is 0. The summed E-state index contributed by atoms with van der Waals surface area (Å²) in [7, 11) is -10.3. The van der Waals surface area contributed by atoms with E-state index < -0.39 is 78.3 Å². The maximum Gasteiger partial charge on any atom is 0.324 e. The van der Waals surface area contributed by atoms with Gasteiger partial charge in [-0.2, -0.15) is 0 Å². The van der Waals surface area contributed by atoms with E-state index in [1.807, 2.05) is 19.6 Å². The number of hydrogen-bond acceptors (Lipinski definition) is 7. The quantitative estimate of drug-likeness (QED) is 0.325. The van der Waals surface area contributed by atoms with Gasteiger partial charge in [0, 0.05) is 0 Å². The van der Waals surface area contributed by atoms with E-state index in [0.717, 1.165) is 0 Å². The highest BCUT2D eigenvalue weighted by molar-refractivity contribution is 6.72. The summed E-state index contributed by atoms with van der Waals surface area (Å²) in [5.74, 6) is -0.391. The predicted octanol–water partition coefficient (Wildman–Crippen LogP) is 5.60. The van der Waals surface area contributed by atoms with Crippen molar-refractivity contribution in [3.05, 3.63) is 0 Å². The van der Waals surface area contributed by atoms with Crippen molar-refractivity contribution >= 4 is 47.6 Å². The molecule has 0 aliphatic carbocycles. The van der Waals surface area contributed by atoms with E-state index in [0.29, 0.717) is 0 Å². The van der Waals surface area contributed by atoms with Crippen molar-refractivity contribution in [1.29, 1.82) is 0 Å². The standard InChI is InChI=1S/C21H50O7Si5/c1-29(2,3)24-16-17(25-30(4,5)6)19(26-31(7,8)9)21(28-33(13,14)15)23-18(16)20(22)27-32(10,11)12/h16-19,21H,1-15H3/t16-,17+,18+,19-,21-/m0/s1. The zero-order valence-electron chi connectivity index (χ0n) is 23.7. The maximum atomic E-state index is 13.4. The van der Waals surface area contributed by atoms with Crippen molar-refractivity contribution in [3.63, 3.8) is 0 Å². The van der Waals surface area contributed by atoms with Gasteiger partial charge in [-0.1, -0.05) is 0 Å². The van der Waals surface area contributed by atoms with Gasteiger partial charge >= 0.3 is 5.97 Å². The molecular formula is C21H50O7Si5. The van der Waals surface area contributed by atoms with E-state index in [1.54, 1.807) is 0 Å². The van der Waals surface area contributed by atoms with Crippen molar-refractivity contribution in [3.8, 4) is 0 Å². The van der Waals surface area contributed by atoms with Crippen LogP contribution in [0.15, 0.2) is 0 Å². The fourth-order valence-electron chi connectivity index (χ4n) is 3.42. The third-order valence-electron chi connectivity index (χ3n) is 4.07. The Morgan fingerprint density at radius 3 is 1.24 bits per heavy atom. The van der Waals surface area contributed by atoms with Crippen LogP contribution >= 0.6 is 0 Å². The zero-order valence-corrected chi connectivity index (χ0v) is 28.7. The number of carbonyl (C=O) groups excluding carboxylic acids is 1. The van der Waals surface area contributed by atoms with Crippen molar-refractivity contribution in [1.82, 2.24) is 0 Å². The molecule has 0 aromatic heterocycles. The molecule has 1 fully saturated rings. The van der Waals surface area contributed by atoms with E-state index in [2.05, 4.69) is 78.6 Å². The minimum atomic E-state index is -2.15. The van der Waals surface area contributed by atoms with Gasteiger partial charge < -0.3 is 26.9 Å². The van der Waals surface area contributed by atoms with Crippen LogP contribution in [0.4, 0.5) is 0 Å². The Hall–Kier alpha value is 0.354. The molecule has 0 unspecified atom stereocenters. The lowest BCUT2D eigenvalue weighted by molar-refractivity contribution is -0.262. The molecule has 0 N–H and O–H groups in total. The van der Waals surface area contributed by atoms with E-state index in [1.165, 1.54) is 0 Å². The van der Waals surface area contributed by atoms with Crippen molar-refractivity contribution in [2.75, 3.05) is 0 Å². The summed E-state index contributed by atoms with van der Waals surface area (Å²) in [6.07, 6.45) is -3.22. The van der Waals surface area contributed by atoms with Crippen molar-refractivity contribution in [2.24, 2.45) is 0 Å². The van der Waals surface area contributed by atoms with Crippen molar-refractivity contribution in [2.45, 2.75) is 129 Å². The second kappa shape index (κ2) is 10.8. The second-order valence-electron chi connectivity index (χ2n) is 13.8. The van der Waals surface area contributed by atoms with Crippen LogP contribution in [-0.2, 0) is 31.7 Å². The molecule has 1 saturated heterocycles. The van der Waals surface area contributed by atoms with Gasteiger partial charge in [0.05, 0.1) is 0 Å². The third kappa shape index (κ3) is 12.2. The summed E-state index contributed by atoms with van der Waals surface area (Å²) in [6, 6.07) is 0. The van der Waals surface area contributed by atoms with E-state index >= 15 is 0 Å². The first kappa shape index (κ1) is 31.4. The molecule has 1 heterocycles. The molecule has 5 atom stereocenters. The van der Waals surface area contributed by atoms with Crippen LogP contribution in [0, 0.1) is 0 Å². The fraction of sp³-hybridized carbons (Fsp3) is 0.952. The molecule has 1 aliphatic heterocycles. The molecule has 7 nitrogen and oxygen atoms in total. The lowest BCUT2D eigenvalue weighted by atomic mass is 9.99. The first-order valence-corrected chi connectivity index (χ1v) is 29.0. The second-order valence-corrected chi connectivity index (χ2v) is 36.0. The van der Waals surface area contributed by atoms with Gasteiger partial charge in [0.1, 0.15) is 18.3 Å². The van der Waals surface area contributed by atoms with E-state index in [9.17, 15) is 4.79 Å². The first-order chi connectivity index (χ1) is 14.4. The van der Waals surface area contributed by atoms with E-state index in [-0.39, 0.29) is 0 Å². The highest BCUT2D eigenvalue weighted by Crippen LogP contribution is 2.35. The zero-order chi connectivity index (χ0) is 26.2. The van der Waals surface area contributed by atoms with Gasteiger partial charge in [0.15, 0.2) is 45.7 Å². The summed E-state index contributed by atoms with van der Waals surface area (Å²) in [6.45, 7) is 31.5. The Kier molecular flexibility index (Phi) is 10.2. The molecule has 33 heavy (non-hydrogen) atoms. The Labute approximate surface area is 207 Å². The Bertz CT molecular complexity index is 656. The maximum absolute atomic E-state index is 13.4. The Morgan fingerprint density at radius 1 is 0.515 bits per heavy atom. The van der Waals surface area contributed by atoms with Crippen LogP contribution in [0.5, 0.6) is 0 Å². The first-order valence-electron chi connectivity index (χ1n) is 12.0. The van der Waals surface area contributed by atoms with Gasteiger partial charge in [0.25, 0.3) is 0 Å². The highest BCUT2D eigenvalue weighted by atomic mass is 28.4. The molecule has 0 bridgehead atoms. The van der Waals surface area contributed by atoms with Crippen LogP contribution in [0.25, 0.3) is 0 Å². The van der Waals surface area contributed by atoms with Crippen LogP contribution < -0.4 is 0 Å². The smallest absolute Gasteiger partial charge is 0.324 e. The molecule has 0 spiro atoms. The lowest BCUT2D eigenvalue weighted by Gasteiger charge is -2.51. The topological polar surface area (TPSA) is 72.5 Å². The van der Waals surface area contributed by atoms with Gasteiger partial charge in [-0.15, -0.1) is 0 Å². The van der Waals surface area contributed by atoms with Gasteiger partial charge in [0.2, 0.25) is 8.32 Å². The minimum absolute atomic E-state index is 0.391. The molecular weight excluding hydrogens is 505 g/mol. The number of carbonyl (C=O) groups is 1. The molecule has 0 aromatic carbocycles. The van der Waals surface area contributed by atoms with Crippen molar-refractivity contribution < 1.29 is 31.7 Å². The molecule has 1 rings (SSSR count). The summed E-state index contributed by atoms with van der Waals surface area (Å²) in [5.41, 5.74) is 0. The predicted molar refractivity (Wildman–Crippen MR) is 147 cm³/mol. The molecule has 0 radical (unpaired) electrons. The number of rotatable bonds is 10. The third-order valence-corrected chi connectivity index (χ3v) is 8.76. The van der Waals surface area contributed by atoms with Crippen LogP contribution in [0.1, 0.15) is 0 Å². The molecule has 1 aliphatic rings. The SMILES string of the molecule is C[Si](C)(C)OC(=O)[C@@H]1O[C@@H](O[Si](C)(C)C)[C@@H](O[Si](C)(C)C)[C@H](O[Si](C)(C)C)[C@@H]1O[Si](C)(C)C. The normalized spacial score (nSPS) is 28.0. The minimum Gasteiger partial charge on any atom is -0.518 e. The molecule has 0 saturated carbocycles. The van der Waals surface area contributed by atoms with Crippen LogP contribution in [0.2, 0.25) is 98.2 Å². The summed E-state index contributed by atoms with van der Waals surface area (Å²) < 4.78 is 38.8. The van der Waals surface area contributed by atoms with E-state index in [4.69, 9.17) is 26.9 Å². The summed E-state index contributed by atoms with van der Waals surface area (Å²) in [4.78, 5) is 13.4. The molecule has 12 heteroatoms. The van der Waals surface area contributed by atoms with Crippen LogP contribution in [-0.4, -0.2) is 78.3 Å². The largest absolute Gasteiger partial charge is 0.518 e. The lowest BCUT2D eigenvalue weighted by Crippen LogP contribution is -2.68. The van der Waals surface area contributed by atoms with Gasteiger partial charge in [-0.25, -0.2) is 0 Å². The summed E-state index contributed by atoms with van der Waals surface area (Å²) in [5, 5.41) is 0. The van der Waals surface area contributed by atoms with Gasteiger partial charge in [-0.05, 0) is 98.2 Å². The highest BCUT2D eigenvalue weighted by Gasteiger charge is 2.55. The fourth-order valence-corrected chi connectivity index (χ4v) is 8.24. The molecule has 0 amide bonds. The number of hydrogen-bond donors (Lipinski definition) is 0. The van der Waals surface area contributed by atoms with Crippen LogP contribution in [0.3, 0.4) is 0 Å². The number of ether oxygens (including phenoxy) is 1. The monoisotopic (exact) mass is 554 g/mol. The Morgan fingerprint density at radius 2 is 0.879 bits per heavy atom.